The number of hydrogen-bond acceptors (Lipinski definition) is 4. The first-order valence-electron chi connectivity index (χ1n) is 2.27. The van der Waals surface area contributed by atoms with Gasteiger partial charge in [0.1, 0.15) is 0 Å². The van der Waals surface area contributed by atoms with Crippen molar-refractivity contribution in [3.05, 3.63) is 0 Å². The van der Waals surface area contributed by atoms with Crippen molar-refractivity contribution in [2.45, 2.75) is 6.04 Å². The first-order chi connectivity index (χ1) is 4.22. The van der Waals surface area contributed by atoms with E-state index in [1.54, 1.807) is 0 Å². The van der Waals surface area contributed by atoms with Crippen molar-refractivity contribution < 1.29 is 4.79 Å². The molecule has 0 saturated heterocycles. The van der Waals surface area contributed by atoms with E-state index in [-0.39, 0.29) is 5.75 Å². The molecule has 3 N–H and O–H groups in total. The molecule has 0 rings (SSSR count). The molecule has 0 aliphatic heterocycles. The summed E-state index contributed by atoms with van der Waals surface area (Å²) in [6.45, 7) is 0. The molecule has 1 atom stereocenters. The van der Waals surface area contributed by atoms with Gasteiger partial charge >= 0.3 is 0 Å². The highest BCUT2D eigenvalue weighted by molar-refractivity contribution is 7.80. The fourth-order valence-corrected chi connectivity index (χ4v) is 0.397. The molecule has 0 aromatic heterocycles. The highest BCUT2D eigenvalue weighted by atomic mass is 32.1. The molecule has 4 nitrogen and oxygen atoms in total. The maximum Gasteiger partial charge on any atom is 0.250 e. The van der Waals surface area contributed by atoms with Crippen molar-refractivity contribution in [1.29, 1.82) is 5.26 Å². The molecule has 0 radical (unpaired) electrons. The van der Waals surface area contributed by atoms with Crippen LogP contribution in [0.5, 0.6) is 0 Å². The van der Waals surface area contributed by atoms with Gasteiger partial charge in [-0.15, -0.1) is 0 Å². The SMILES string of the molecule is N#CNC(=O)[C@@H](N)CS. The van der Waals surface area contributed by atoms with Gasteiger partial charge in [0.2, 0.25) is 0 Å². The zero-order valence-corrected chi connectivity index (χ0v) is 5.56. The summed E-state index contributed by atoms with van der Waals surface area (Å²) in [7, 11) is 0. The smallest absolute Gasteiger partial charge is 0.250 e. The minimum absolute atomic E-state index is 0.244. The van der Waals surface area contributed by atoms with Gasteiger partial charge in [-0.2, -0.15) is 17.9 Å². The molecule has 0 aliphatic carbocycles. The second-order valence-electron chi connectivity index (χ2n) is 1.39. The molecule has 1 amide bonds. The van der Waals surface area contributed by atoms with Crippen LogP contribution in [-0.2, 0) is 4.79 Å². The lowest BCUT2D eigenvalue weighted by atomic mass is 10.3. The molecule has 0 bridgehead atoms. The van der Waals surface area contributed by atoms with Crippen LogP contribution in [0.3, 0.4) is 0 Å². The summed E-state index contributed by atoms with van der Waals surface area (Å²) in [6.07, 6.45) is 1.47. The van der Waals surface area contributed by atoms with Crippen LogP contribution in [0.15, 0.2) is 0 Å². The fourth-order valence-electron chi connectivity index (χ4n) is 0.231. The van der Waals surface area contributed by atoms with Crippen LogP contribution >= 0.6 is 12.6 Å². The predicted molar refractivity (Wildman–Crippen MR) is 35.6 cm³/mol. The van der Waals surface area contributed by atoms with Crippen LogP contribution in [-0.4, -0.2) is 17.7 Å². The van der Waals surface area contributed by atoms with Gasteiger partial charge in [-0.1, -0.05) is 0 Å². The summed E-state index contributed by atoms with van der Waals surface area (Å²) in [5, 5.41) is 9.81. The van der Waals surface area contributed by atoms with Crippen LogP contribution in [0.4, 0.5) is 0 Å². The highest BCUT2D eigenvalue weighted by Crippen LogP contribution is 1.80. The zero-order chi connectivity index (χ0) is 7.28. The van der Waals surface area contributed by atoms with E-state index in [9.17, 15) is 4.79 Å². The van der Waals surface area contributed by atoms with Crippen LogP contribution in [0.2, 0.25) is 0 Å². The third-order valence-corrected chi connectivity index (χ3v) is 1.11. The fraction of sp³-hybridized carbons (Fsp3) is 0.500. The quantitative estimate of drug-likeness (QED) is 0.260. The van der Waals surface area contributed by atoms with E-state index in [1.807, 2.05) is 5.32 Å². The van der Waals surface area contributed by atoms with E-state index < -0.39 is 11.9 Å². The van der Waals surface area contributed by atoms with Gasteiger partial charge < -0.3 is 5.73 Å². The number of nitriles is 1. The van der Waals surface area contributed by atoms with Crippen LogP contribution in [0.1, 0.15) is 0 Å². The Labute approximate surface area is 58.4 Å². The number of nitrogens with one attached hydrogen (secondary N) is 1. The number of nitrogens with two attached hydrogens (primary N) is 1. The van der Waals surface area contributed by atoms with E-state index in [4.69, 9.17) is 11.0 Å². The molecule has 0 aliphatic rings. The van der Waals surface area contributed by atoms with Crippen molar-refractivity contribution in [1.82, 2.24) is 5.32 Å². The van der Waals surface area contributed by atoms with E-state index in [0.29, 0.717) is 0 Å². The Kier molecular flexibility index (Phi) is 3.84. The number of carbonyl (C=O) groups is 1. The van der Waals surface area contributed by atoms with Crippen molar-refractivity contribution in [2.75, 3.05) is 5.75 Å². The van der Waals surface area contributed by atoms with Crippen molar-refractivity contribution in [2.24, 2.45) is 5.73 Å². The third kappa shape index (κ3) is 2.95. The van der Waals surface area contributed by atoms with E-state index in [0.717, 1.165) is 0 Å². The summed E-state index contributed by atoms with van der Waals surface area (Å²) >= 11 is 3.75. The summed E-state index contributed by atoms with van der Waals surface area (Å²) < 4.78 is 0. The summed E-state index contributed by atoms with van der Waals surface area (Å²) in [6, 6.07) is -0.687. The number of amides is 1. The molecule has 0 fully saturated rings. The molecule has 0 aromatic rings. The Morgan fingerprint density at radius 2 is 2.56 bits per heavy atom. The molecule has 0 saturated carbocycles. The normalized spacial score (nSPS) is 11.7. The van der Waals surface area contributed by atoms with Crippen molar-refractivity contribution in [3.8, 4) is 6.19 Å². The molecule has 50 valence electrons. The Morgan fingerprint density at radius 3 is 2.89 bits per heavy atom. The molecule has 0 heterocycles. The van der Waals surface area contributed by atoms with Gasteiger partial charge in [0.25, 0.3) is 5.91 Å². The molecule has 5 heteroatoms. The maximum absolute atomic E-state index is 10.5. The van der Waals surface area contributed by atoms with Crippen LogP contribution < -0.4 is 11.1 Å². The molecule has 0 spiro atoms. The monoisotopic (exact) mass is 145 g/mol. The number of nitrogens with zero attached hydrogens (tertiary/aromatic N) is 1. The Hall–Kier alpha value is -0.730. The molecular weight excluding hydrogens is 138 g/mol. The average molecular weight is 145 g/mol. The number of carbonyl (C=O) groups excluding carboxylic acids is 1. The minimum atomic E-state index is -0.687. The number of rotatable bonds is 2. The second-order valence-corrected chi connectivity index (χ2v) is 1.76. The summed E-state index contributed by atoms with van der Waals surface area (Å²) in [5.41, 5.74) is 5.16. The van der Waals surface area contributed by atoms with Gasteiger partial charge in [0.05, 0.1) is 6.04 Å². The maximum atomic E-state index is 10.5. The van der Waals surface area contributed by atoms with Gasteiger partial charge in [0.15, 0.2) is 6.19 Å². The lowest BCUT2D eigenvalue weighted by Gasteiger charge is -2.01. The van der Waals surface area contributed by atoms with E-state index in [2.05, 4.69) is 12.6 Å². The first kappa shape index (κ1) is 8.27. The lowest BCUT2D eigenvalue weighted by Crippen LogP contribution is -2.39. The van der Waals surface area contributed by atoms with Gasteiger partial charge in [-0.25, -0.2) is 0 Å². The minimum Gasteiger partial charge on any atom is -0.319 e. The van der Waals surface area contributed by atoms with E-state index >= 15 is 0 Å². The zero-order valence-electron chi connectivity index (χ0n) is 4.66. The average Bonchev–Trinajstić information content (AvgIpc) is 1.87. The Bertz CT molecular complexity index is 141. The first-order valence-corrected chi connectivity index (χ1v) is 2.91. The Balaban J connectivity index is 3.62. The summed E-state index contributed by atoms with van der Waals surface area (Å²) in [5.74, 6) is -0.249. The van der Waals surface area contributed by atoms with Gasteiger partial charge in [-0.05, 0) is 0 Å². The molecule has 0 unspecified atom stereocenters. The van der Waals surface area contributed by atoms with Gasteiger partial charge in [0, 0.05) is 5.75 Å². The van der Waals surface area contributed by atoms with E-state index in [1.165, 1.54) is 6.19 Å². The number of hydrogen-bond donors (Lipinski definition) is 3. The van der Waals surface area contributed by atoms with Crippen LogP contribution in [0.25, 0.3) is 0 Å². The topological polar surface area (TPSA) is 78.9 Å². The third-order valence-electron chi connectivity index (χ3n) is 0.713. The lowest BCUT2D eigenvalue weighted by molar-refractivity contribution is -0.120. The molecule has 0 aromatic carbocycles. The van der Waals surface area contributed by atoms with Gasteiger partial charge in [-0.3, -0.25) is 10.1 Å². The second kappa shape index (κ2) is 4.18. The summed E-state index contributed by atoms with van der Waals surface area (Å²) in [4.78, 5) is 10.5. The molecular formula is C4H7N3OS. The predicted octanol–water partition coefficient (Wildman–Crippen LogP) is -1.16. The standard InChI is InChI=1S/C4H7N3OS/c5-2-7-4(8)3(6)1-9/h3,9H,1,6H2,(H,7,8)/t3-/m0/s1. The van der Waals surface area contributed by atoms with Crippen molar-refractivity contribution in [3.63, 3.8) is 0 Å². The number of thiol groups is 1. The molecule has 9 heavy (non-hydrogen) atoms. The Morgan fingerprint density at radius 1 is 2.00 bits per heavy atom. The van der Waals surface area contributed by atoms with Crippen LogP contribution in [0, 0.1) is 11.5 Å². The largest absolute Gasteiger partial charge is 0.319 e. The highest BCUT2D eigenvalue weighted by Gasteiger charge is 2.08. The van der Waals surface area contributed by atoms with Crippen molar-refractivity contribution >= 4 is 18.5 Å².